The summed E-state index contributed by atoms with van der Waals surface area (Å²) in [5, 5.41) is 6.25. The Hall–Kier alpha value is -2.43. The fraction of sp³-hybridized carbons (Fsp3) is 0.389. The van der Waals surface area contributed by atoms with Gasteiger partial charge in [-0.15, -0.1) is 0 Å². The van der Waals surface area contributed by atoms with Crippen LogP contribution in [-0.2, 0) is 6.42 Å². The molecule has 0 saturated heterocycles. The number of hydrogen-bond donors (Lipinski definition) is 2. The molecule has 120 valence electrons. The first kappa shape index (κ1) is 15.5. The summed E-state index contributed by atoms with van der Waals surface area (Å²) in [6, 6.07) is 8.28. The zero-order valence-corrected chi connectivity index (χ0v) is 13.4. The molecule has 3 rings (SSSR count). The van der Waals surface area contributed by atoms with E-state index >= 15 is 0 Å². The Kier molecular flexibility index (Phi) is 4.86. The van der Waals surface area contributed by atoms with Crippen LogP contribution in [0.25, 0.3) is 0 Å². The molecular formula is C18H22N4O. The average Bonchev–Trinajstić information content (AvgIpc) is 3.09. The molecule has 0 atom stereocenters. The topological polar surface area (TPSA) is 66.9 Å². The molecule has 2 aromatic rings. The molecule has 1 aliphatic rings. The van der Waals surface area contributed by atoms with Gasteiger partial charge >= 0.3 is 0 Å². The van der Waals surface area contributed by atoms with Crippen molar-refractivity contribution in [3.05, 3.63) is 47.8 Å². The van der Waals surface area contributed by atoms with E-state index in [9.17, 15) is 4.79 Å². The number of aromatic nitrogens is 2. The predicted octanol–water partition coefficient (Wildman–Crippen LogP) is 3.65. The molecule has 23 heavy (non-hydrogen) atoms. The number of rotatable bonds is 5. The van der Waals surface area contributed by atoms with E-state index in [0.29, 0.717) is 17.6 Å². The summed E-state index contributed by atoms with van der Waals surface area (Å²) in [7, 11) is 0. The lowest BCUT2D eigenvalue weighted by Crippen LogP contribution is -2.18. The molecule has 1 heterocycles. The highest BCUT2D eigenvalue weighted by atomic mass is 16.1. The molecule has 1 aliphatic carbocycles. The van der Waals surface area contributed by atoms with Crippen LogP contribution in [0.3, 0.4) is 0 Å². The van der Waals surface area contributed by atoms with Crippen molar-refractivity contribution in [2.75, 3.05) is 10.6 Å². The van der Waals surface area contributed by atoms with Crippen molar-refractivity contribution in [3.8, 4) is 0 Å². The molecule has 0 bridgehead atoms. The van der Waals surface area contributed by atoms with E-state index in [1.807, 2.05) is 24.3 Å². The first-order valence-corrected chi connectivity index (χ1v) is 8.24. The highest BCUT2D eigenvalue weighted by Crippen LogP contribution is 2.21. The Bertz CT molecular complexity index is 663. The van der Waals surface area contributed by atoms with Gasteiger partial charge in [-0.2, -0.15) is 0 Å². The summed E-state index contributed by atoms with van der Waals surface area (Å²) in [5.74, 6) is 0.417. The Morgan fingerprint density at radius 1 is 1.17 bits per heavy atom. The van der Waals surface area contributed by atoms with Crippen LogP contribution < -0.4 is 10.6 Å². The number of hydrogen-bond acceptors (Lipinski definition) is 4. The highest BCUT2D eigenvalue weighted by Gasteiger charge is 2.16. The van der Waals surface area contributed by atoms with Crippen molar-refractivity contribution in [2.45, 2.75) is 45.1 Å². The molecule has 2 N–H and O–H groups in total. The first-order valence-electron chi connectivity index (χ1n) is 8.24. The number of nitrogens with one attached hydrogen (secondary N) is 2. The maximum absolute atomic E-state index is 12.3. The molecule has 1 saturated carbocycles. The number of amides is 1. The molecular weight excluding hydrogens is 288 g/mol. The maximum Gasteiger partial charge on any atom is 0.258 e. The highest BCUT2D eigenvalue weighted by molar-refractivity contribution is 6.04. The second-order valence-electron chi connectivity index (χ2n) is 5.89. The number of benzene rings is 1. The molecule has 5 heteroatoms. The third kappa shape index (κ3) is 3.86. The van der Waals surface area contributed by atoms with Crippen LogP contribution in [0.2, 0.25) is 0 Å². The van der Waals surface area contributed by atoms with E-state index in [4.69, 9.17) is 0 Å². The summed E-state index contributed by atoms with van der Waals surface area (Å²) >= 11 is 0. The van der Waals surface area contributed by atoms with Crippen LogP contribution in [0, 0.1) is 0 Å². The van der Waals surface area contributed by atoms with Gasteiger partial charge in [-0.1, -0.05) is 38.0 Å². The van der Waals surface area contributed by atoms with Gasteiger partial charge in [-0.3, -0.25) is 4.79 Å². The largest absolute Gasteiger partial charge is 0.351 e. The normalized spacial score (nSPS) is 14.7. The van der Waals surface area contributed by atoms with Crippen molar-refractivity contribution in [1.29, 1.82) is 0 Å². The lowest BCUT2D eigenvalue weighted by Gasteiger charge is -2.12. The molecule has 1 fully saturated rings. The van der Waals surface area contributed by atoms with Crippen LogP contribution in [0.1, 0.15) is 48.5 Å². The molecule has 1 aromatic heterocycles. The second-order valence-corrected chi connectivity index (χ2v) is 5.89. The summed E-state index contributed by atoms with van der Waals surface area (Å²) in [6.45, 7) is 2.07. The maximum atomic E-state index is 12.3. The van der Waals surface area contributed by atoms with Gasteiger partial charge in [-0.25, -0.2) is 9.97 Å². The van der Waals surface area contributed by atoms with Crippen molar-refractivity contribution in [1.82, 2.24) is 9.97 Å². The van der Waals surface area contributed by atoms with Crippen LogP contribution in [0.4, 0.5) is 11.6 Å². The van der Waals surface area contributed by atoms with E-state index in [1.165, 1.54) is 25.7 Å². The summed E-state index contributed by atoms with van der Waals surface area (Å²) in [6.07, 6.45) is 8.88. The Morgan fingerprint density at radius 2 is 1.87 bits per heavy atom. The van der Waals surface area contributed by atoms with E-state index in [2.05, 4.69) is 27.5 Å². The number of anilines is 2. The lowest BCUT2D eigenvalue weighted by atomic mass is 10.1. The third-order valence-electron chi connectivity index (χ3n) is 4.25. The number of para-hydroxylation sites is 1. The Labute approximate surface area is 136 Å². The van der Waals surface area contributed by atoms with E-state index in [-0.39, 0.29) is 5.91 Å². The molecule has 5 nitrogen and oxygen atoms in total. The van der Waals surface area contributed by atoms with Crippen LogP contribution in [0.5, 0.6) is 0 Å². The molecule has 1 amide bonds. The number of aryl methyl sites for hydroxylation is 1. The van der Waals surface area contributed by atoms with Crippen LogP contribution in [-0.4, -0.2) is 21.9 Å². The minimum atomic E-state index is -0.182. The fourth-order valence-electron chi connectivity index (χ4n) is 2.92. The fourth-order valence-corrected chi connectivity index (χ4v) is 2.92. The minimum absolute atomic E-state index is 0.182. The van der Waals surface area contributed by atoms with Gasteiger partial charge in [-0.05, 0) is 30.9 Å². The van der Waals surface area contributed by atoms with Crippen molar-refractivity contribution >= 4 is 17.5 Å². The quantitative estimate of drug-likeness (QED) is 0.884. The molecule has 0 radical (unpaired) electrons. The van der Waals surface area contributed by atoms with Gasteiger partial charge in [0.2, 0.25) is 5.95 Å². The van der Waals surface area contributed by atoms with Gasteiger partial charge in [0.1, 0.15) is 0 Å². The van der Waals surface area contributed by atoms with Crippen LogP contribution in [0.15, 0.2) is 36.7 Å². The number of carbonyl (C=O) groups excluding carboxylic acids is 1. The number of nitrogens with zero attached hydrogens (tertiary/aromatic N) is 2. The van der Waals surface area contributed by atoms with E-state index in [0.717, 1.165) is 17.7 Å². The Balaban J connectivity index is 1.65. The van der Waals surface area contributed by atoms with Gasteiger partial charge in [0, 0.05) is 24.1 Å². The molecule has 0 unspecified atom stereocenters. The van der Waals surface area contributed by atoms with Crippen molar-refractivity contribution in [3.63, 3.8) is 0 Å². The van der Waals surface area contributed by atoms with E-state index in [1.54, 1.807) is 12.4 Å². The van der Waals surface area contributed by atoms with Gasteiger partial charge in [0.05, 0.1) is 5.56 Å². The summed E-state index contributed by atoms with van der Waals surface area (Å²) in [4.78, 5) is 20.9. The molecule has 1 aromatic carbocycles. The van der Waals surface area contributed by atoms with Gasteiger partial charge in [0.25, 0.3) is 5.91 Å². The lowest BCUT2D eigenvalue weighted by molar-refractivity contribution is 0.102. The second kappa shape index (κ2) is 7.22. The van der Waals surface area contributed by atoms with Crippen molar-refractivity contribution in [2.24, 2.45) is 0 Å². The average molecular weight is 310 g/mol. The smallest absolute Gasteiger partial charge is 0.258 e. The SMILES string of the molecule is CCc1ccccc1NC(=O)c1cnc(NC2CCCC2)nc1. The first-order chi connectivity index (χ1) is 11.3. The number of carbonyl (C=O) groups is 1. The van der Waals surface area contributed by atoms with Crippen molar-refractivity contribution < 1.29 is 4.79 Å². The summed E-state index contributed by atoms with van der Waals surface area (Å²) in [5.41, 5.74) is 2.42. The summed E-state index contributed by atoms with van der Waals surface area (Å²) < 4.78 is 0. The monoisotopic (exact) mass is 310 g/mol. The molecule has 0 spiro atoms. The zero-order chi connectivity index (χ0) is 16.1. The Morgan fingerprint density at radius 3 is 2.57 bits per heavy atom. The minimum Gasteiger partial charge on any atom is -0.351 e. The standard InChI is InChI=1S/C18H22N4O/c1-2-13-7-3-6-10-16(13)22-17(23)14-11-19-18(20-12-14)21-15-8-4-5-9-15/h3,6-7,10-12,15H,2,4-5,8-9H2,1H3,(H,22,23)(H,19,20,21). The zero-order valence-electron chi connectivity index (χ0n) is 13.4. The molecule has 0 aliphatic heterocycles. The van der Waals surface area contributed by atoms with Crippen LogP contribution >= 0.6 is 0 Å². The van der Waals surface area contributed by atoms with E-state index < -0.39 is 0 Å². The van der Waals surface area contributed by atoms with Gasteiger partial charge < -0.3 is 10.6 Å². The third-order valence-corrected chi connectivity index (χ3v) is 4.25. The van der Waals surface area contributed by atoms with Gasteiger partial charge in [0.15, 0.2) is 0 Å². The predicted molar refractivity (Wildman–Crippen MR) is 91.7 cm³/mol.